The van der Waals surface area contributed by atoms with Crippen molar-refractivity contribution < 1.29 is 14.3 Å². The van der Waals surface area contributed by atoms with Crippen LogP contribution in [0.1, 0.15) is 37.6 Å². The van der Waals surface area contributed by atoms with E-state index in [-0.39, 0.29) is 12.5 Å². The van der Waals surface area contributed by atoms with Gasteiger partial charge in [0.1, 0.15) is 23.9 Å². The Balaban J connectivity index is 1.28. The van der Waals surface area contributed by atoms with Gasteiger partial charge in [-0.2, -0.15) is 0 Å². The number of rotatable bonds is 12. The van der Waals surface area contributed by atoms with Gasteiger partial charge in [0.2, 0.25) is 0 Å². The molecule has 182 valence electrons. The Morgan fingerprint density at radius 2 is 1.63 bits per heavy atom. The van der Waals surface area contributed by atoms with Crippen molar-refractivity contribution in [3.05, 3.63) is 90.3 Å². The van der Waals surface area contributed by atoms with E-state index >= 15 is 0 Å². The number of ether oxygens (including phenoxy) is 2. The predicted octanol–water partition coefficient (Wildman–Crippen LogP) is 5.37. The monoisotopic (exact) mass is 471 g/mol. The summed E-state index contributed by atoms with van der Waals surface area (Å²) in [5.41, 5.74) is 3.38. The zero-order valence-electron chi connectivity index (χ0n) is 20.4. The maximum Gasteiger partial charge on any atom is 0.257 e. The molecule has 4 aromatic rings. The number of carbonyl (C=O) groups is 1. The van der Waals surface area contributed by atoms with Gasteiger partial charge in [-0.05, 0) is 54.3 Å². The number of para-hydroxylation sites is 3. The van der Waals surface area contributed by atoms with E-state index in [4.69, 9.17) is 14.5 Å². The molecule has 1 heterocycles. The standard InChI is InChI=1S/C29H33N3O3/c1-22(2)23-14-16-25(17-15-23)34-20-19-32-27-12-7-6-11-26(27)31-28(32)13-8-18-30-29(33)21-35-24-9-4-3-5-10-24/h3-7,9-12,14-17,22H,8,13,18-21H2,1-2H3,(H,30,33). The van der Waals surface area contributed by atoms with Crippen molar-refractivity contribution in [2.24, 2.45) is 0 Å². The number of benzene rings is 3. The molecular weight excluding hydrogens is 438 g/mol. The molecule has 6 heteroatoms. The molecule has 0 aliphatic carbocycles. The molecule has 0 spiro atoms. The average molecular weight is 472 g/mol. The zero-order valence-corrected chi connectivity index (χ0v) is 20.4. The van der Waals surface area contributed by atoms with Crippen LogP contribution in [0.3, 0.4) is 0 Å². The summed E-state index contributed by atoms with van der Waals surface area (Å²) in [7, 11) is 0. The normalized spacial score (nSPS) is 11.1. The molecule has 0 bridgehead atoms. The lowest BCUT2D eigenvalue weighted by Gasteiger charge is -2.12. The van der Waals surface area contributed by atoms with Gasteiger partial charge in [-0.25, -0.2) is 4.98 Å². The highest BCUT2D eigenvalue weighted by Gasteiger charge is 2.11. The van der Waals surface area contributed by atoms with Crippen LogP contribution in [0.2, 0.25) is 0 Å². The fraction of sp³-hybridized carbons (Fsp3) is 0.310. The molecule has 1 aromatic heterocycles. The average Bonchev–Trinajstić information content (AvgIpc) is 3.23. The van der Waals surface area contributed by atoms with Crippen LogP contribution in [0.4, 0.5) is 0 Å². The number of nitrogens with one attached hydrogen (secondary N) is 1. The Labute approximate surface area is 206 Å². The molecule has 0 radical (unpaired) electrons. The predicted molar refractivity (Wildman–Crippen MR) is 139 cm³/mol. The van der Waals surface area contributed by atoms with E-state index < -0.39 is 0 Å². The number of hydrogen-bond donors (Lipinski definition) is 1. The highest BCUT2D eigenvalue weighted by Crippen LogP contribution is 2.20. The Hall–Kier alpha value is -3.80. The van der Waals surface area contributed by atoms with Gasteiger partial charge in [-0.15, -0.1) is 0 Å². The first-order valence-electron chi connectivity index (χ1n) is 12.2. The third-order valence-corrected chi connectivity index (χ3v) is 5.88. The lowest BCUT2D eigenvalue weighted by molar-refractivity contribution is -0.123. The van der Waals surface area contributed by atoms with Crippen molar-refractivity contribution in [3.63, 3.8) is 0 Å². The summed E-state index contributed by atoms with van der Waals surface area (Å²) in [4.78, 5) is 16.9. The first-order valence-corrected chi connectivity index (χ1v) is 12.2. The Morgan fingerprint density at radius 1 is 0.914 bits per heavy atom. The first-order chi connectivity index (χ1) is 17.1. The second-order valence-corrected chi connectivity index (χ2v) is 8.80. The van der Waals surface area contributed by atoms with Gasteiger partial charge in [0.25, 0.3) is 5.91 Å². The molecule has 0 atom stereocenters. The third kappa shape index (κ3) is 6.85. The topological polar surface area (TPSA) is 65.4 Å². The Morgan fingerprint density at radius 3 is 2.40 bits per heavy atom. The highest BCUT2D eigenvalue weighted by atomic mass is 16.5. The van der Waals surface area contributed by atoms with Crippen LogP contribution >= 0.6 is 0 Å². The quantitative estimate of drug-likeness (QED) is 0.282. The minimum atomic E-state index is -0.126. The highest BCUT2D eigenvalue weighted by molar-refractivity contribution is 5.77. The van der Waals surface area contributed by atoms with Crippen LogP contribution in [-0.4, -0.2) is 35.2 Å². The van der Waals surface area contributed by atoms with Gasteiger partial charge in [-0.1, -0.05) is 56.3 Å². The Kier molecular flexibility index (Phi) is 8.39. The molecule has 0 saturated heterocycles. The van der Waals surface area contributed by atoms with Gasteiger partial charge < -0.3 is 19.4 Å². The van der Waals surface area contributed by atoms with Crippen molar-refractivity contribution in [2.45, 2.75) is 39.2 Å². The largest absolute Gasteiger partial charge is 0.492 e. The molecule has 1 amide bonds. The van der Waals surface area contributed by atoms with E-state index in [1.165, 1.54) is 5.56 Å². The molecule has 0 aliphatic rings. The van der Waals surface area contributed by atoms with E-state index in [0.717, 1.165) is 35.4 Å². The zero-order chi connectivity index (χ0) is 24.5. The smallest absolute Gasteiger partial charge is 0.257 e. The summed E-state index contributed by atoms with van der Waals surface area (Å²) >= 11 is 0. The van der Waals surface area contributed by atoms with Crippen LogP contribution in [0, 0.1) is 0 Å². The summed E-state index contributed by atoms with van der Waals surface area (Å²) in [6.07, 6.45) is 1.55. The van der Waals surface area contributed by atoms with Crippen LogP contribution < -0.4 is 14.8 Å². The summed E-state index contributed by atoms with van der Waals surface area (Å²) in [5.74, 6) is 2.94. The van der Waals surface area contributed by atoms with Gasteiger partial charge in [0, 0.05) is 13.0 Å². The van der Waals surface area contributed by atoms with Crippen LogP contribution in [-0.2, 0) is 17.8 Å². The summed E-state index contributed by atoms with van der Waals surface area (Å²) in [5, 5.41) is 2.93. The minimum absolute atomic E-state index is 0.0119. The molecule has 0 aliphatic heterocycles. The lowest BCUT2D eigenvalue weighted by Crippen LogP contribution is -2.30. The SMILES string of the molecule is CC(C)c1ccc(OCCn2c(CCCNC(=O)COc3ccccc3)nc3ccccc32)cc1. The second kappa shape index (κ2) is 12.1. The molecule has 0 unspecified atom stereocenters. The molecule has 3 aromatic carbocycles. The Bertz CT molecular complexity index is 1220. The minimum Gasteiger partial charge on any atom is -0.492 e. The number of hydrogen-bond acceptors (Lipinski definition) is 4. The summed E-state index contributed by atoms with van der Waals surface area (Å²) < 4.78 is 13.7. The number of nitrogens with zero attached hydrogens (tertiary/aromatic N) is 2. The number of amides is 1. The van der Waals surface area contributed by atoms with E-state index in [9.17, 15) is 4.79 Å². The van der Waals surface area contributed by atoms with Crippen molar-refractivity contribution in [1.29, 1.82) is 0 Å². The maximum atomic E-state index is 12.1. The number of carbonyl (C=O) groups excluding carboxylic acids is 1. The maximum absolute atomic E-state index is 12.1. The number of fused-ring (bicyclic) bond motifs is 1. The molecule has 4 rings (SSSR count). The number of aromatic nitrogens is 2. The van der Waals surface area contributed by atoms with Crippen molar-refractivity contribution in [2.75, 3.05) is 19.8 Å². The van der Waals surface area contributed by atoms with Gasteiger partial charge >= 0.3 is 0 Å². The van der Waals surface area contributed by atoms with E-state index in [1.54, 1.807) is 0 Å². The summed E-state index contributed by atoms with van der Waals surface area (Å²) in [6.45, 7) is 6.22. The van der Waals surface area contributed by atoms with Gasteiger partial charge in [-0.3, -0.25) is 4.79 Å². The molecule has 35 heavy (non-hydrogen) atoms. The lowest BCUT2D eigenvalue weighted by atomic mass is 10.0. The number of aryl methyl sites for hydroxylation is 1. The van der Waals surface area contributed by atoms with E-state index in [2.05, 4.69) is 41.9 Å². The van der Waals surface area contributed by atoms with Gasteiger partial charge in [0.05, 0.1) is 17.6 Å². The fourth-order valence-electron chi connectivity index (χ4n) is 3.96. The van der Waals surface area contributed by atoms with Crippen molar-refractivity contribution in [1.82, 2.24) is 14.9 Å². The van der Waals surface area contributed by atoms with Crippen molar-refractivity contribution in [3.8, 4) is 11.5 Å². The molecule has 0 fully saturated rings. The van der Waals surface area contributed by atoms with E-state index in [0.29, 0.717) is 31.4 Å². The first kappa shape index (κ1) is 24.3. The van der Waals surface area contributed by atoms with Crippen LogP contribution in [0.5, 0.6) is 11.5 Å². The molecule has 0 saturated carbocycles. The van der Waals surface area contributed by atoms with Crippen molar-refractivity contribution >= 4 is 16.9 Å². The second-order valence-electron chi connectivity index (χ2n) is 8.80. The molecule has 1 N–H and O–H groups in total. The number of imidazole rings is 1. The summed E-state index contributed by atoms with van der Waals surface area (Å²) in [6, 6.07) is 25.8. The fourth-order valence-corrected chi connectivity index (χ4v) is 3.96. The molecule has 6 nitrogen and oxygen atoms in total. The molecular formula is C29H33N3O3. The third-order valence-electron chi connectivity index (χ3n) is 5.88. The van der Waals surface area contributed by atoms with Crippen LogP contribution in [0.25, 0.3) is 11.0 Å². The van der Waals surface area contributed by atoms with Gasteiger partial charge in [0.15, 0.2) is 6.61 Å². The van der Waals surface area contributed by atoms with E-state index in [1.807, 2.05) is 60.7 Å². The van der Waals surface area contributed by atoms with Crippen LogP contribution in [0.15, 0.2) is 78.9 Å².